The van der Waals surface area contributed by atoms with Crippen molar-refractivity contribution in [1.29, 1.82) is 0 Å². The minimum Gasteiger partial charge on any atom is -0.350 e. The van der Waals surface area contributed by atoms with Crippen molar-refractivity contribution in [3.05, 3.63) is 48.5 Å². The van der Waals surface area contributed by atoms with Crippen LogP contribution in [-0.2, 0) is 16.1 Å². The molecule has 2 aromatic rings. The number of hydrogen-bond acceptors (Lipinski definition) is 3. The molecule has 25 heavy (non-hydrogen) atoms. The van der Waals surface area contributed by atoms with Gasteiger partial charge in [-0.2, -0.15) is 0 Å². The fourth-order valence-electron chi connectivity index (χ4n) is 3.51. The van der Waals surface area contributed by atoms with Crippen molar-refractivity contribution < 1.29 is 9.59 Å². The number of amides is 2. The van der Waals surface area contributed by atoms with Crippen LogP contribution in [0.2, 0.25) is 0 Å². The van der Waals surface area contributed by atoms with Gasteiger partial charge in [0.15, 0.2) is 0 Å². The van der Waals surface area contributed by atoms with Gasteiger partial charge < -0.3 is 15.2 Å². The van der Waals surface area contributed by atoms with Gasteiger partial charge in [0.1, 0.15) is 6.04 Å². The molecular formula is C19H24N4O2. The lowest BCUT2D eigenvalue weighted by Gasteiger charge is -2.23. The zero-order valence-electron chi connectivity index (χ0n) is 14.4. The summed E-state index contributed by atoms with van der Waals surface area (Å²) < 4.78 is 1.92. The lowest BCUT2D eigenvalue weighted by molar-refractivity contribution is -0.129. The Bertz CT molecular complexity index is 721. The first-order valence-corrected chi connectivity index (χ1v) is 8.76. The number of imidazole rings is 1. The average molecular weight is 340 g/mol. The molecule has 3 rings (SSSR count). The quantitative estimate of drug-likeness (QED) is 0.846. The molecule has 132 valence electrons. The van der Waals surface area contributed by atoms with Gasteiger partial charge in [0.2, 0.25) is 11.8 Å². The number of nitrogens with one attached hydrogen (secondary N) is 2. The second-order valence-electron chi connectivity index (χ2n) is 6.54. The molecule has 0 radical (unpaired) electrons. The number of rotatable bonds is 6. The highest BCUT2D eigenvalue weighted by Gasteiger charge is 2.31. The Morgan fingerprint density at radius 1 is 1.28 bits per heavy atom. The van der Waals surface area contributed by atoms with Crippen LogP contribution < -0.4 is 10.6 Å². The van der Waals surface area contributed by atoms with Gasteiger partial charge in [-0.3, -0.25) is 9.59 Å². The summed E-state index contributed by atoms with van der Waals surface area (Å²) in [6.07, 6.45) is 9.56. The number of carbonyl (C=O) groups is 2. The van der Waals surface area contributed by atoms with Gasteiger partial charge in [0.05, 0.1) is 12.0 Å². The van der Waals surface area contributed by atoms with Crippen LogP contribution in [0.25, 0.3) is 5.69 Å². The lowest BCUT2D eigenvalue weighted by Crippen LogP contribution is -2.49. The topological polar surface area (TPSA) is 76.0 Å². The molecule has 0 spiro atoms. The molecule has 1 aliphatic rings. The number of para-hydroxylation sites is 1. The van der Waals surface area contributed by atoms with Crippen molar-refractivity contribution in [2.45, 2.75) is 45.2 Å². The Morgan fingerprint density at radius 2 is 2.04 bits per heavy atom. The van der Waals surface area contributed by atoms with Crippen molar-refractivity contribution in [3.8, 4) is 5.69 Å². The molecule has 0 aliphatic heterocycles. The van der Waals surface area contributed by atoms with E-state index in [9.17, 15) is 9.59 Å². The number of aromatic nitrogens is 2. The van der Waals surface area contributed by atoms with Crippen LogP contribution in [-0.4, -0.2) is 27.4 Å². The molecule has 6 heteroatoms. The molecule has 6 nitrogen and oxygen atoms in total. The minimum absolute atomic E-state index is 0.109. The molecule has 1 heterocycles. The highest BCUT2D eigenvalue weighted by molar-refractivity contribution is 5.87. The summed E-state index contributed by atoms with van der Waals surface area (Å²) in [6.45, 7) is 1.87. The molecule has 1 saturated carbocycles. The van der Waals surface area contributed by atoms with E-state index in [1.165, 1.54) is 6.92 Å². The Labute approximate surface area is 147 Å². The first-order valence-electron chi connectivity index (χ1n) is 8.76. The SMILES string of the molecule is CC(=O)N[C@@H](C(=O)NCc1ccccc1-n1ccnc1)C1CCCC1. The van der Waals surface area contributed by atoms with Crippen molar-refractivity contribution in [2.24, 2.45) is 5.92 Å². The summed E-state index contributed by atoms with van der Waals surface area (Å²) >= 11 is 0. The normalized spacial score (nSPS) is 15.7. The standard InChI is InChI=1S/C19H24N4O2/c1-14(24)22-18(15-6-2-3-7-15)19(25)21-12-16-8-4-5-9-17(16)23-11-10-20-13-23/h4-5,8-11,13,15,18H,2-3,6-7,12H2,1H3,(H,21,25)(H,22,24)/t18-/m1/s1. The monoisotopic (exact) mass is 340 g/mol. The van der Waals surface area contributed by atoms with Crippen molar-refractivity contribution in [1.82, 2.24) is 20.2 Å². The predicted molar refractivity (Wildman–Crippen MR) is 95.0 cm³/mol. The molecule has 0 unspecified atom stereocenters. The highest BCUT2D eigenvalue weighted by atomic mass is 16.2. The molecule has 0 bridgehead atoms. The van der Waals surface area contributed by atoms with E-state index in [4.69, 9.17) is 0 Å². The summed E-state index contributed by atoms with van der Waals surface area (Å²) in [6, 6.07) is 7.44. The predicted octanol–water partition coefficient (Wildman–Crippen LogP) is 2.18. The Hall–Kier alpha value is -2.63. The van der Waals surface area contributed by atoms with E-state index in [1.54, 1.807) is 12.5 Å². The molecule has 2 N–H and O–H groups in total. The number of nitrogens with zero attached hydrogens (tertiary/aromatic N) is 2. The van der Waals surface area contributed by atoms with E-state index < -0.39 is 6.04 Å². The maximum atomic E-state index is 12.7. The van der Waals surface area contributed by atoms with Crippen LogP contribution in [0.4, 0.5) is 0 Å². The zero-order chi connectivity index (χ0) is 17.6. The maximum absolute atomic E-state index is 12.7. The van der Waals surface area contributed by atoms with Crippen molar-refractivity contribution >= 4 is 11.8 Å². The van der Waals surface area contributed by atoms with Crippen LogP contribution in [0.3, 0.4) is 0 Å². The molecule has 2 amide bonds. The van der Waals surface area contributed by atoms with E-state index in [0.29, 0.717) is 6.54 Å². The van der Waals surface area contributed by atoms with Gasteiger partial charge in [-0.25, -0.2) is 4.98 Å². The fourth-order valence-corrected chi connectivity index (χ4v) is 3.51. The van der Waals surface area contributed by atoms with Gasteiger partial charge >= 0.3 is 0 Å². The van der Waals surface area contributed by atoms with Crippen LogP contribution in [0.15, 0.2) is 43.0 Å². The van der Waals surface area contributed by atoms with Gasteiger partial charge in [0, 0.05) is 25.9 Å². The van der Waals surface area contributed by atoms with Crippen LogP contribution in [0, 0.1) is 5.92 Å². The van der Waals surface area contributed by atoms with E-state index >= 15 is 0 Å². The summed E-state index contributed by atoms with van der Waals surface area (Å²) in [5.74, 6) is -0.0406. The minimum atomic E-state index is -0.444. The summed E-state index contributed by atoms with van der Waals surface area (Å²) in [5.41, 5.74) is 1.99. The molecular weight excluding hydrogens is 316 g/mol. The number of hydrogen-bond donors (Lipinski definition) is 2. The average Bonchev–Trinajstić information content (AvgIpc) is 3.31. The Balaban J connectivity index is 1.69. The molecule has 1 aromatic heterocycles. The lowest BCUT2D eigenvalue weighted by atomic mass is 9.97. The number of carbonyl (C=O) groups excluding carboxylic acids is 2. The van der Waals surface area contributed by atoms with Gasteiger partial charge in [-0.15, -0.1) is 0 Å². The van der Waals surface area contributed by atoms with Crippen molar-refractivity contribution in [3.63, 3.8) is 0 Å². The summed E-state index contributed by atoms with van der Waals surface area (Å²) in [5, 5.41) is 5.83. The third kappa shape index (κ3) is 4.26. The van der Waals surface area contributed by atoms with Gasteiger partial charge in [0.25, 0.3) is 0 Å². The van der Waals surface area contributed by atoms with Crippen LogP contribution in [0.5, 0.6) is 0 Å². The molecule has 1 atom stereocenters. The molecule has 0 saturated heterocycles. The van der Waals surface area contributed by atoms with E-state index in [1.807, 2.05) is 35.0 Å². The van der Waals surface area contributed by atoms with Gasteiger partial charge in [-0.1, -0.05) is 31.0 Å². The van der Waals surface area contributed by atoms with Crippen molar-refractivity contribution in [2.75, 3.05) is 0 Å². The second kappa shape index (κ2) is 7.96. The van der Waals surface area contributed by atoms with E-state index in [0.717, 1.165) is 36.9 Å². The zero-order valence-corrected chi connectivity index (χ0v) is 14.4. The Kier molecular flexibility index (Phi) is 5.48. The first kappa shape index (κ1) is 17.2. The molecule has 1 aromatic carbocycles. The highest BCUT2D eigenvalue weighted by Crippen LogP contribution is 2.28. The van der Waals surface area contributed by atoms with E-state index in [-0.39, 0.29) is 17.7 Å². The third-order valence-corrected chi connectivity index (χ3v) is 4.74. The van der Waals surface area contributed by atoms with E-state index in [2.05, 4.69) is 15.6 Å². The molecule has 1 aliphatic carbocycles. The van der Waals surface area contributed by atoms with Crippen LogP contribution >= 0.6 is 0 Å². The summed E-state index contributed by atoms with van der Waals surface area (Å²) in [7, 11) is 0. The fraction of sp³-hybridized carbons (Fsp3) is 0.421. The number of benzene rings is 1. The Morgan fingerprint density at radius 3 is 2.72 bits per heavy atom. The smallest absolute Gasteiger partial charge is 0.243 e. The van der Waals surface area contributed by atoms with Gasteiger partial charge in [-0.05, 0) is 30.4 Å². The second-order valence-corrected chi connectivity index (χ2v) is 6.54. The first-order chi connectivity index (χ1) is 12.1. The summed E-state index contributed by atoms with van der Waals surface area (Å²) in [4.78, 5) is 28.3. The largest absolute Gasteiger partial charge is 0.350 e. The molecule has 1 fully saturated rings. The third-order valence-electron chi connectivity index (χ3n) is 4.74. The van der Waals surface area contributed by atoms with Crippen LogP contribution in [0.1, 0.15) is 38.2 Å². The maximum Gasteiger partial charge on any atom is 0.243 e.